The molecule has 0 radical (unpaired) electrons. The zero-order valence-electron chi connectivity index (χ0n) is 13.5. The molecule has 1 atom stereocenters. The second kappa shape index (κ2) is 6.72. The van der Waals surface area contributed by atoms with Gasteiger partial charge in [-0.2, -0.15) is 0 Å². The maximum absolute atomic E-state index is 13.2. The molecular formula is C17H17FN2O4S. The van der Waals surface area contributed by atoms with E-state index in [4.69, 9.17) is 4.74 Å². The lowest BCUT2D eigenvalue weighted by molar-refractivity contribution is -0.127. The summed E-state index contributed by atoms with van der Waals surface area (Å²) in [6.45, 7) is 0.00179. The SMILES string of the molecule is CS(=O)(=O)N1CC(C(=O)NCc2cccc(F)c2)Oc2ccccc21. The minimum atomic E-state index is -3.55. The standard InChI is InChI=1S/C17H17FN2O4S/c1-25(22,23)20-11-16(24-15-8-3-2-7-14(15)20)17(21)19-10-12-5-4-6-13(18)9-12/h2-9,16H,10-11H2,1H3,(H,19,21). The second-order valence-electron chi connectivity index (χ2n) is 5.72. The lowest BCUT2D eigenvalue weighted by Crippen LogP contribution is -2.50. The third-order valence-corrected chi connectivity index (χ3v) is 4.93. The number of benzene rings is 2. The van der Waals surface area contributed by atoms with E-state index in [0.717, 1.165) is 10.6 Å². The number of hydrogen-bond donors (Lipinski definition) is 1. The summed E-state index contributed by atoms with van der Waals surface area (Å²) in [5.41, 5.74) is 1.00. The predicted molar refractivity (Wildman–Crippen MR) is 91.3 cm³/mol. The normalized spacial score (nSPS) is 16.7. The van der Waals surface area contributed by atoms with Crippen molar-refractivity contribution in [2.24, 2.45) is 0 Å². The number of sulfonamides is 1. The summed E-state index contributed by atoms with van der Waals surface area (Å²) in [6, 6.07) is 12.5. The molecule has 2 aromatic carbocycles. The smallest absolute Gasteiger partial charge is 0.263 e. The van der Waals surface area contributed by atoms with Crippen LogP contribution >= 0.6 is 0 Å². The number of rotatable bonds is 4. The Kier molecular flexibility index (Phi) is 4.63. The van der Waals surface area contributed by atoms with E-state index < -0.39 is 27.9 Å². The molecule has 0 fully saturated rings. The Balaban J connectivity index is 1.76. The van der Waals surface area contributed by atoms with Crippen molar-refractivity contribution in [1.82, 2.24) is 5.32 Å². The van der Waals surface area contributed by atoms with Crippen molar-refractivity contribution in [1.29, 1.82) is 0 Å². The summed E-state index contributed by atoms with van der Waals surface area (Å²) in [5.74, 6) is -0.532. The van der Waals surface area contributed by atoms with Crippen LogP contribution in [0.15, 0.2) is 48.5 Å². The average molecular weight is 364 g/mol. The van der Waals surface area contributed by atoms with Gasteiger partial charge in [0.1, 0.15) is 11.6 Å². The van der Waals surface area contributed by atoms with Crippen LogP contribution in [0.1, 0.15) is 5.56 Å². The highest BCUT2D eigenvalue weighted by Crippen LogP contribution is 2.34. The summed E-state index contributed by atoms with van der Waals surface area (Å²) < 4.78 is 44.0. The van der Waals surface area contributed by atoms with Gasteiger partial charge < -0.3 is 10.1 Å². The highest BCUT2D eigenvalue weighted by atomic mass is 32.2. The number of nitrogens with one attached hydrogen (secondary N) is 1. The van der Waals surface area contributed by atoms with Gasteiger partial charge in [0.15, 0.2) is 6.10 Å². The molecule has 0 aromatic heterocycles. The Bertz CT molecular complexity index is 901. The van der Waals surface area contributed by atoms with E-state index >= 15 is 0 Å². The van der Waals surface area contributed by atoms with E-state index in [2.05, 4.69) is 5.32 Å². The monoisotopic (exact) mass is 364 g/mol. The van der Waals surface area contributed by atoms with Crippen LogP contribution in [-0.4, -0.2) is 33.2 Å². The van der Waals surface area contributed by atoms with Gasteiger partial charge in [-0.25, -0.2) is 12.8 Å². The Labute approximate surface area is 145 Å². The van der Waals surface area contributed by atoms with Crippen LogP contribution in [-0.2, 0) is 21.4 Å². The first-order valence-corrected chi connectivity index (χ1v) is 9.45. The van der Waals surface area contributed by atoms with Crippen molar-refractivity contribution in [3.8, 4) is 5.75 Å². The van der Waals surface area contributed by atoms with Crippen molar-refractivity contribution in [2.45, 2.75) is 12.6 Å². The minimum absolute atomic E-state index is 0.120. The van der Waals surface area contributed by atoms with Crippen LogP contribution in [0, 0.1) is 5.82 Å². The number of fused-ring (bicyclic) bond motifs is 1. The largest absolute Gasteiger partial charge is 0.476 e. The van der Waals surface area contributed by atoms with Crippen molar-refractivity contribution in [2.75, 3.05) is 17.1 Å². The van der Waals surface area contributed by atoms with Crippen LogP contribution in [0.4, 0.5) is 10.1 Å². The van der Waals surface area contributed by atoms with E-state index in [1.54, 1.807) is 36.4 Å². The number of ether oxygens (including phenoxy) is 1. The molecule has 1 N–H and O–H groups in total. The Morgan fingerprint density at radius 2 is 2.04 bits per heavy atom. The van der Waals surface area contributed by atoms with Crippen LogP contribution in [0.5, 0.6) is 5.75 Å². The summed E-state index contributed by atoms with van der Waals surface area (Å²) in [4.78, 5) is 12.4. The average Bonchev–Trinajstić information content (AvgIpc) is 2.58. The molecule has 8 heteroatoms. The maximum atomic E-state index is 13.2. The van der Waals surface area contributed by atoms with Crippen LogP contribution in [0.25, 0.3) is 0 Å². The summed E-state index contributed by atoms with van der Waals surface area (Å²) in [5, 5.41) is 2.65. The molecule has 2 aromatic rings. The Morgan fingerprint density at radius 3 is 2.76 bits per heavy atom. The van der Waals surface area contributed by atoms with Crippen molar-refractivity contribution in [3.63, 3.8) is 0 Å². The first-order chi connectivity index (χ1) is 11.8. The van der Waals surface area contributed by atoms with Gasteiger partial charge in [0.2, 0.25) is 10.0 Å². The molecule has 0 saturated carbocycles. The van der Waals surface area contributed by atoms with E-state index in [1.165, 1.54) is 12.1 Å². The Morgan fingerprint density at radius 1 is 1.28 bits per heavy atom. The molecule has 3 rings (SSSR count). The Hall–Kier alpha value is -2.61. The molecule has 1 amide bonds. The quantitative estimate of drug-likeness (QED) is 0.895. The minimum Gasteiger partial charge on any atom is -0.476 e. The lowest BCUT2D eigenvalue weighted by Gasteiger charge is -2.33. The molecule has 132 valence electrons. The van der Waals surface area contributed by atoms with Crippen LogP contribution in [0.3, 0.4) is 0 Å². The first-order valence-electron chi connectivity index (χ1n) is 7.60. The van der Waals surface area contributed by atoms with Gasteiger partial charge in [-0.05, 0) is 29.8 Å². The fraction of sp³-hybridized carbons (Fsp3) is 0.235. The van der Waals surface area contributed by atoms with Crippen LogP contribution < -0.4 is 14.4 Å². The van der Waals surface area contributed by atoms with E-state index in [1.807, 2.05) is 0 Å². The molecule has 1 aliphatic heterocycles. The number of carbonyl (C=O) groups excluding carboxylic acids is 1. The number of carbonyl (C=O) groups is 1. The van der Waals surface area contributed by atoms with Gasteiger partial charge >= 0.3 is 0 Å². The van der Waals surface area contributed by atoms with E-state index in [9.17, 15) is 17.6 Å². The fourth-order valence-electron chi connectivity index (χ4n) is 2.60. The third kappa shape index (κ3) is 3.90. The molecule has 25 heavy (non-hydrogen) atoms. The number of amides is 1. The second-order valence-corrected chi connectivity index (χ2v) is 7.62. The topological polar surface area (TPSA) is 75.7 Å². The molecule has 1 aliphatic rings. The molecule has 0 saturated heterocycles. The third-order valence-electron chi connectivity index (χ3n) is 3.78. The summed E-state index contributed by atoms with van der Waals surface area (Å²) >= 11 is 0. The molecule has 0 aliphatic carbocycles. The van der Waals surface area contributed by atoms with Gasteiger partial charge in [0.25, 0.3) is 5.91 Å². The predicted octanol–water partition coefficient (Wildman–Crippen LogP) is 1.67. The zero-order valence-corrected chi connectivity index (χ0v) is 14.3. The van der Waals surface area contributed by atoms with E-state index in [0.29, 0.717) is 17.0 Å². The highest BCUT2D eigenvalue weighted by molar-refractivity contribution is 7.92. The van der Waals surface area contributed by atoms with Crippen LogP contribution in [0.2, 0.25) is 0 Å². The van der Waals surface area contributed by atoms with Gasteiger partial charge in [-0.1, -0.05) is 24.3 Å². The van der Waals surface area contributed by atoms with Crippen molar-refractivity contribution < 1.29 is 22.3 Å². The van der Waals surface area contributed by atoms with Crippen molar-refractivity contribution >= 4 is 21.6 Å². The number of para-hydroxylation sites is 2. The molecule has 6 nitrogen and oxygen atoms in total. The first kappa shape index (κ1) is 17.2. The molecule has 0 spiro atoms. The van der Waals surface area contributed by atoms with Gasteiger partial charge in [-0.3, -0.25) is 9.10 Å². The van der Waals surface area contributed by atoms with Gasteiger partial charge in [0.05, 0.1) is 18.5 Å². The molecule has 1 unspecified atom stereocenters. The number of nitrogens with zero attached hydrogens (tertiary/aromatic N) is 1. The molecular weight excluding hydrogens is 347 g/mol. The molecule has 0 bridgehead atoms. The highest BCUT2D eigenvalue weighted by Gasteiger charge is 2.34. The summed E-state index contributed by atoms with van der Waals surface area (Å²) in [6.07, 6.45) is 0.0924. The van der Waals surface area contributed by atoms with Crippen molar-refractivity contribution in [3.05, 3.63) is 59.9 Å². The number of hydrogen-bond acceptors (Lipinski definition) is 4. The number of halogens is 1. The van der Waals surface area contributed by atoms with E-state index in [-0.39, 0.29) is 13.1 Å². The summed E-state index contributed by atoms with van der Waals surface area (Å²) in [7, 11) is -3.55. The number of anilines is 1. The zero-order chi connectivity index (χ0) is 18.0. The lowest BCUT2D eigenvalue weighted by atomic mass is 10.2. The fourth-order valence-corrected chi connectivity index (χ4v) is 3.52. The van der Waals surface area contributed by atoms with Gasteiger partial charge in [0, 0.05) is 6.54 Å². The van der Waals surface area contributed by atoms with Gasteiger partial charge in [-0.15, -0.1) is 0 Å². The maximum Gasteiger partial charge on any atom is 0.263 e. The molecule has 1 heterocycles.